The Balaban J connectivity index is 1.72. The van der Waals surface area contributed by atoms with Gasteiger partial charge in [0.15, 0.2) is 17.3 Å². The van der Waals surface area contributed by atoms with Crippen molar-refractivity contribution in [1.29, 1.82) is 0 Å². The van der Waals surface area contributed by atoms with Gasteiger partial charge in [-0.15, -0.1) is 0 Å². The molecule has 0 unspecified atom stereocenters. The van der Waals surface area contributed by atoms with Gasteiger partial charge in [0, 0.05) is 22.0 Å². The zero-order valence-corrected chi connectivity index (χ0v) is 17.4. The first-order valence-corrected chi connectivity index (χ1v) is 9.59. The van der Waals surface area contributed by atoms with Crippen LogP contribution in [0, 0.1) is 0 Å². The highest BCUT2D eigenvalue weighted by atomic mass is 79.9. The molecule has 0 aliphatic rings. The number of rotatable bonds is 6. The Labute approximate surface area is 176 Å². The Hall–Kier alpha value is -3.39. The maximum Gasteiger partial charge on any atom is 0.180 e. The quantitative estimate of drug-likeness (QED) is 0.411. The summed E-state index contributed by atoms with van der Waals surface area (Å²) in [6, 6.07) is 17.1. The molecule has 2 heterocycles. The standard InChI is InChI=1S/C21H18BrN5O2/c1-28-16-7-3-14(4-8-16)24-20-21(25-15-5-9-17(29-2)10-6-15)27-19-18(26-20)11-13(22)12-23-19/h3-12H,1-2H3,(H,24,26)(H,23,25,27). The third-order valence-electron chi connectivity index (χ3n) is 4.19. The number of nitrogens with one attached hydrogen (secondary N) is 2. The highest BCUT2D eigenvalue weighted by molar-refractivity contribution is 9.10. The first-order chi connectivity index (χ1) is 14.1. The fraction of sp³-hybridized carbons (Fsp3) is 0.0952. The van der Waals surface area contributed by atoms with Crippen LogP contribution in [0.4, 0.5) is 23.0 Å². The van der Waals surface area contributed by atoms with Gasteiger partial charge >= 0.3 is 0 Å². The summed E-state index contributed by atoms with van der Waals surface area (Å²) in [5.41, 5.74) is 2.94. The first-order valence-electron chi connectivity index (χ1n) is 8.80. The number of anilines is 4. The van der Waals surface area contributed by atoms with Crippen LogP contribution >= 0.6 is 15.9 Å². The van der Waals surface area contributed by atoms with Crippen molar-refractivity contribution < 1.29 is 9.47 Å². The average molecular weight is 452 g/mol. The number of aromatic nitrogens is 3. The van der Waals surface area contributed by atoms with Gasteiger partial charge in [0.25, 0.3) is 0 Å². The topological polar surface area (TPSA) is 81.2 Å². The highest BCUT2D eigenvalue weighted by Gasteiger charge is 2.12. The van der Waals surface area contributed by atoms with Gasteiger partial charge in [-0.05, 0) is 70.5 Å². The number of methoxy groups -OCH3 is 2. The van der Waals surface area contributed by atoms with Crippen LogP contribution in [0.5, 0.6) is 11.5 Å². The monoisotopic (exact) mass is 451 g/mol. The average Bonchev–Trinajstić information content (AvgIpc) is 2.75. The fourth-order valence-electron chi connectivity index (χ4n) is 2.72. The van der Waals surface area contributed by atoms with E-state index in [0.29, 0.717) is 22.8 Å². The molecule has 2 aromatic carbocycles. The van der Waals surface area contributed by atoms with Crippen molar-refractivity contribution in [3.05, 3.63) is 65.3 Å². The molecule has 4 aromatic rings. The van der Waals surface area contributed by atoms with Crippen molar-refractivity contribution >= 4 is 50.1 Å². The van der Waals surface area contributed by atoms with Gasteiger partial charge in [-0.2, -0.15) is 0 Å². The summed E-state index contributed by atoms with van der Waals surface area (Å²) in [7, 11) is 3.27. The molecule has 0 saturated heterocycles. The molecular weight excluding hydrogens is 434 g/mol. The van der Waals surface area contributed by atoms with Crippen LogP contribution in [0.25, 0.3) is 11.2 Å². The fourth-order valence-corrected chi connectivity index (χ4v) is 3.04. The molecule has 0 saturated carbocycles. The van der Waals surface area contributed by atoms with Gasteiger partial charge in [-0.1, -0.05) is 0 Å². The van der Waals surface area contributed by atoms with E-state index in [1.807, 2.05) is 54.6 Å². The molecule has 8 heteroatoms. The van der Waals surface area contributed by atoms with Gasteiger partial charge in [0.1, 0.15) is 17.0 Å². The molecule has 0 bridgehead atoms. The van der Waals surface area contributed by atoms with Crippen LogP contribution in [0.15, 0.2) is 65.3 Å². The Bertz CT molecular complexity index is 1130. The summed E-state index contributed by atoms with van der Waals surface area (Å²) in [4.78, 5) is 13.7. The number of pyridine rings is 1. The first kappa shape index (κ1) is 18.9. The van der Waals surface area contributed by atoms with E-state index in [1.165, 1.54) is 0 Å². The molecule has 2 aromatic heterocycles. The van der Waals surface area contributed by atoms with E-state index in [2.05, 4.69) is 36.5 Å². The van der Waals surface area contributed by atoms with E-state index in [0.717, 1.165) is 27.3 Å². The Morgan fingerprint density at radius 2 is 1.28 bits per heavy atom. The van der Waals surface area contributed by atoms with E-state index in [1.54, 1.807) is 20.4 Å². The molecule has 0 aliphatic carbocycles. The van der Waals surface area contributed by atoms with E-state index in [-0.39, 0.29) is 0 Å². The van der Waals surface area contributed by atoms with E-state index in [4.69, 9.17) is 14.5 Å². The van der Waals surface area contributed by atoms with Gasteiger partial charge in [0.05, 0.1) is 14.2 Å². The molecule has 0 fully saturated rings. The molecule has 0 aliphatic heterocycles. The lowest BCUT2D eigenvalue weighted by Crippen LogP contribution is -2.04. The van der Waals surface area contributed by atoms with Crippen LogP contribution in [-0.2, 0) is 0 Å². The minimum atomic E-state index is 0.546. The summed E-state index contributed by atoms with van der Waals surface area (Å²) >= 11 is 3.43. The summed E-state index contributed by atoms with van der Waals surface area (Å²) < 4.78 is 11.3. The smallest absolute Gasteiger partial charge is 0.180 e. The van der Waals surface area contributed by atoms with Crippen molar-refractivity contribution in [1.82, 2.24) is 15.0 Å². The molecule has 7 nitrogen and oxygen atoms in total. The zero-order chi connectivity index (χ0) is 20.2. The van der Waals surface area contributed by atoms with Crippen LogP contribution in [0.1, 0.15) is 0 Å². The van der Waals surface area contributed by atoms with Crippen molar-refractivity contribution in [3.8, 4) is 11.5 Å². The molecule has 0 radical (unpaired) electrons. The second-order valence-electron chi connectivity index (χ2n) is 6.12. The number of benzene rings is 2. The SMILES string of the molecule is COc1ccc(Nc2nc3cc(Br)cnc3nc2Nc2ccc(OC)cc2)cc1. The Morgan fingerprint density at radius 3 is 1.79 bits per heavy atom. The molecular formula is C21H18BrN5O2. The summed E-state index contributed by atoms with van der Waals surface area (Å²) in [5, 5.41) is 6.62. The largest absolute Gasteiger partial charge is 0.497 e. The Kier molecular flexibility index (Phi) is 5.44. The third kappa shape index (κ3) is 4.38. The van der Waals surface area contributed by atoms with E-state index >= 15 is 0 Å². The number of ether oxygens (including phenoxy) is 2. The predicted octanol–water partition coefficient (Wildman–Crippen LogP) is 5.29. The number of fused-ring (bicyclic) bond motifs is 1. The van der Waals surface area contributed by atoms with Crippen molar-refractivity contribution in [2.45, 2.75) is 0 Å². The number of hydrogen-bond acceptors (Lipinski definition) is 7. The highest BCUT2D eigenvalue weighted by Crippen LogP contribution is 2.29. The minimum absolute atomic E-state index is 0.546. The maximum atomic E-state index is 5.22. The van der Waals surface area contributed by atoms with Crippen LogP contribution in [0.2, 0.25) is 0 Å². The maximum absolute atomic E-state index is 5.22. The molecule has 29 heavy (non-hydrogen) atoms. The van der Waals surface area contributed by atoms with Gasteiger partial charge in [0.2, 0.25) is 0 Å². The van der Waals surface area contributed by atoms with E-state index < -0.39 is 0 Å². The van der Waals surface area contributed by atoms with Crippen LogP contribution < -0.4 is 20.1 Å². The van der Waals surface area contributed by atoms with Crippen LogP contribution in [-0.4, -0.2) is 29.2 Å². The van der Waals surface area contributed by atoms with E-state index in [9.17, 15) is 0 Å². The second kappa shape index (κ2) is 8.32. The van der Waals surface area contributed by atoms with Gasteiger partial charge in [-0.25, -0.2) is 15.0 Å². The summed E-state index contributed by atoms with van der Waals surface area (Å²) in [6.07, 6.45) is 1.70. The number of nitrogens with zero attached hydrogens (tertiary/aromatic N) is 3. The summed E-state index contributed by atoms with van der Waals surface area (Å²) in [6.45, 7) is 0. The van der Waals surface area contributed by atoms with Crippen molar-refractivity contribution in [3.63, 3.8) is 0 Å². The van der Waals surface area contributed by atoms with Gasteiger partial charge < -0.3 is 20.1 Å². The van der Waals surface area contributed by atoms with Crippen LogP contribution in [0.3, 0.4) is 0 Å². The predicted molar refractivity (Wildman–Crippen MR) is 118 cm³/mol. The lowest BCUT2D eigenvalue weighted by atomic mass is 10.3. The lowest BCUT2D eigenvalue weighted by molar-refractivity contribution is 0.415. The minimum Gasteiger partial charge on any atom is -0.497 e. The van der Waals surface area contributed by atoms with Gasteiger partial charge in [-0.3, -0.25) is 0 Å². The second-order valence-corrected chi connectivity index (χ2v) is 7.04. The normalized spacial score (nSPS) is 10.6. The lowest BCUT2D eigenvalue weighted by Gasteiger charge is -2.14. The molecule has 4 rings (SSSR count). The van der Waals surface area contributed by atoms with Crippen molar-refractivity contribution in [2.24, 2.45) is 0 Å². The molecule has 2 N–H and O–H groups in total. The summed E-state index contributed by atoms with van der Waals surface area (Å²) in [5.74, 6) is 2.71. The zero-order valence-electron chi connectivity index (χ0n) is 15.8. The third-order valence-corrected chi connectivity index (χ3v) is 4.63. The Morgan fingerprint density at radius 1 is 0.759 bits per heavy atom. The molecule has 0 spiro atoms. The molecule has 0 atom stereocenters. The number of halogens is 1. The molecule has 0 amide bonds. The number of hydrogen-bond donors (Lipinski definition) is 2. The van der Waals surface area contributed by atoms with Crippen molar-refractivity contribution in [2.75, 3.05) is 24.9 Å². The molecule has 146 valence electrons.